The van der Waals surface area contributed by atoms with E-state index in [1.165, 1.54) is 6.07 Å². The van der Waals surface area contributed by atoms with Gasteiger partial charge >= 0.3 is 5.97 Å². The molecule has 9 heteroatoms. The first-order valence-corrected chi connectivity index (χ1v) is 10.5. The largest absolute Gasteiger partial charge is 0.481 e. The molecule has 30 heavy (non-hydrogen) atoms. The van der Waals surface area contributed by atoms with Crippen molar-refractivity contribution in [3.8, 4) is 0 Å². The summed E-state index contributed by atoms with van der Waals surface area (Å²) >= 11 is 0. The zero-order valence-electron chi connectivity index (χ0n) is 17.6. The summed E-state index contributed by atoms with van der Waals surface area (Å²) in [6.45, 7) is 6.25. The number of hydrogen-bond donors (Lipinski definition) is 3. The van der Waals surface area contributed by atoms with Crippen LogP contribution in [0.4, 0.5) is 4.39 Å². The summed E-state index contributed by atoms with van der Waals surface area (Å²) in [7, 11) is 0. The zero-order chi connectivity index (χ0) is 21.7. The molecule has 2 heterocycles. The normalized spacial score (nSPS) is 17.9. The lowest BCUT2D eigenvalue weighted by molar-refractivity contribution is -0.143. The molecular formula is C21H31FN6O2. The molecule has 0 amide bonds. The molecule has 1 aliphatic rings. The number of carboxylic acid groups (broad SMARTS) is 1. The molecular weight excluding hydrogens is 387 g/mol. The van der Waals surface area contributed by atoms with Gasteiger partial charge in [-0.25, -0.2) is 4.39 Å². The molecule has 8 nitrogen and oxygen atoms in total. The molecule has 3 rings (SSSR count). The third-order valence-electron chi connectivity index (χ3n) is 5.82. The molecule has 1 fully saturated rings. The minimum Gasteiger partial charge on any atom is -0.481 e. The Hall–Kier alpha value is -2.39. The van der Waals surface area contributed by atoms with Gasteiger partial charge < -0.3 is 10.8 Å². The fraction of sp³-hybridized carbons (Fsp3) is 0.619. The number of halogens is 1. The van der Waals surface area contributed by atoms with Crippen molar-refractivity contribution in [2.24, 2.45) is 17.6 Å². The van der Waals surface area contributed by atoms with Crippen molar-refractivity contribution < 1.29 is 14.3 Å². The number of carbonyl (C=O) groups is 1. The van der Waals surface area contributed by atoms with Crippen LogP contribution in [0.25, 0.3) is 0 Å². The summed E-state index contributed by atoms with van der Waals surface area (Å²) in [6.07, 6.45) is 2.67. The van der Waals surface area contributed by atoms with Crippen LogP contribution in [0.3, 0.4) is 0 Å². The van der Waals surface area contributed by atoms with Crippen LogP contribution in [-0.2, 0) is 17.8 Å². The van der Waals surface area contributed by atoms with Crippen LogP contribution in [0, 0.1) is 17.7 Å². The fourth-order valence-corrected chi connectivity index (χ4v) is 4.14. The topological polar surface area (TPSA) is 121 Å². The van der Waals surface area contributed by atoms with Crippen molar-refractivity contribution >= 4 is 5.97 Å². The Morgan fingerprint density at radius 3 is 2.67 bits per heavy atom. The van der Waals surface area contributed by atoms with Crippen LogP contribution < -0.4 is 5.73 Å². The number of piperidine rings is 1. The van der Waals surface area contributed by atoms with Crippen LogP contribution in [0.2, 0.25) is 0 Å². The number of aliphatic carboxylic acids is 1. The van der Waals surface area contributed by atoms with Gasteiger partial charge in [-0.3, -0.25) is 9.69 Å². The fourth-order valence-electron chi connectivity index (χ4n) is 4.14. The lowest BCUT2D eigenvalue weighted by atomic mass is 9.81. The van der Waals surface area contributed by atoms with Gasteiger partial charge in [0.15, 0.2) is 5.82 Å². The highest BCUT2D eigenvalue weighted by atomic mass is 19.1. The molecule has 0 aliphatic carbocycles. The van der Waals surface area contributed by atoms with Gasteiger partial charge in [-0.2, -0.15) is 5.21 Å². The van der Waals surface area contributed by atoms with Crippen molar-refractivity contribution in [1.29, 1.82) is 0 Å². The van der Waals surface area contributed by atoms with Gasteiger partial charge in [0.05, 0.1) is 5.92 Å². The molecule has 2 aromatic rings. The van der Waals surface area contributed by atoms with E-state index >= 15 is 0 Å². The molecule has 0 bridgehead atoms. The number of rotatable bonds is 9. The Morgan fingerprint density at radius 2 is 2.10 bits per heavy atom. The number of benzene rings is 1. The van der Waals surface area contributed by atoms with Gasteiger partial charge in [-0.15, -0.1) is 10.2 Å². The molecule has 0 unspecified atom stereocenters. The molecule has 0 radical (unpaired) electrons. The number of hydrogen-bond acceptors (Lipinski definition) is 6. The number of nitrogens with two attached hydrogens (primary N) is 1. The van der Waals surface area contributed by atoms with E-state index in [-0.39, 0.29) is 17.8 Å². The molecule has 4 N–H and O–H groups in total. The first-order chi connectivity index (χ1) is 14.3. The van der Waals surface area contributed by atoms with E-state index in [9.17, 15) is 14.3 Å². The predicted molar refractivity (Wildman–Crippen MR) is 110 cm³/mol. The van der Waals surface area contributed by atoms with Gasteiger partial charge in [0.2, 0.25) is 0 Å². The average Bonchev–Trinajstić information content (AvgIpc) is 3.22. The van der Waals surface area contributed by atoms with Crippen LogP contribution in [0.15, 0.2) is 18.2 Å². The lowest BCUT2D eigenvalue weighted by Crippen LogP contribution is -2.39. The monoisotopic (exact) mass is 418 g/mol. The summed E-state index contributed by atoms with van der Waals surface area (Å²) in [6, 6.07) is 5.41. The van der Waals surface area contributed by atoms with Gasteiger partial charge in [0.25, 0.3) is 0 Å². The highest BCUT2D eigenvalue weighted by Crippen LogP contribution is 2.31. The summed E-state index contributed by atoms with van der Waals surface area (Å²) < 4.78 is 14.8. The molecule has 1 aliphatic heterocycles. The molecule has 164 valence electrons. The van der Waals surface area contributed by atoms with E-state index in [4.69, 9.17) is 5.73 Å². The number of H-pyrrole nitrogens is 1. The number of nitrogens with one attached hydrogen (secondary N) is 1. The molecule has 1 aromatic heterocycles. The zero-order valence-corrected chi connectivity index (χ0v) is 17.6. The lowest BCUT2D eigenvalue weighted by Gasteiger charge is -2.30. The third-order valence-corrected chi connectivity index (χ3v) is 5.82. The number of carboxylic acids is 1. The number of aromatic nitrogens is 4. The van der Waals surface area contributed by atoms with E-state index in [2.05, 4.69) is 25.5 Å². The Bertz CT molecular complexity index is 821. The number of tetrazole rings is 1. The maximum absolute atomic E-state index is 14.8. The second kappa shape index (κ2) is 10.1. The van der Waals surface area contributed by atoms with Gasteiger partial charge in [-0.1, -0.05) is 31.2 Å². The molecule has 1 saturated heterocycles. The average molecular weight is 419 g/mol. The Labute approximate surface area is 176 Å². The van der Waals surface area contributed by atoms with Crippen LogP contribution in [0.5, 0.6) is 0 Å². The van der Waals surface area contributed by atoms with E-state index < -0.39 is 17.8 Å². The van der Waals surface area contributed by atoms with Gasteiger partial charge in [0, 0.05) is 24.1 Å². The quantitative estimate of drug-likeness (QED) is 0.571. The summed E-state index contributed by atoms with van der Waals surface area (Å²) in [4.78, 5) is 14.2. The number of aromatic amines is 1. The molecule has 0 saturated carbocycles. The van der Waals surface area contributed by atoms with Crippen LogP contribution in [-0.4, -0.2) is 55.7 Å². The van der Waals surface area contributed by atoms with E-state index in [1.54, 1.807) is 6.07 Å². The van der Waals surface area contributed by atoms with Crippen molar-refractivity contribution in [3.63, 3.8) is 0 Å². The number of likely N-dealkylation sites (tertiary alicyclic amines) is 1. The van der Waals surface area contributed by atoms with Gasteiger partial charge in [0.1, 0.15) is 5.82 Å². The summed E-state index contributed by atoms with van der Waals surface area (Å²) in [5, 5.41) is 23.8. The van der Waals surface area contributed by atoms with Crippen molar-refractivity contribution in [2.45, 2.75) is 58.0 Å². The maximum Gasteiger partial charge on any atom is 0.307 e. The second-order valence-electron chi connectivity index (χ2n) is 8.69. The van der Waals surface area contributed by atoms with E-state index in [0.29, 0.717) is 30.8 Å². The Balaban J connectivity index is 1.76. The standard InChI is InChI=1S/C21H31FN6O2/c1-13(2)9-18(21(29)30)17(20-24-26-27-25-20)10-14-3-4-15(19(22)11-14)12-28-7-5-16(23)6-8-28/h3-4,11,13,16-18H,5-10,12,23H2,1-2H3,(H,29,30)(H,24,25,26,27)/t17-,18-/m0/s1. The van der Waals surface area contributed by atoms with Gasteiger partial charge in [-0.05, 0) is 56.3 Å². The molecule has 0 spiro atoms. The molecule has 1 aromatic carbocycles. The first-order valence-electron chi connectivity index (χ1n) is 10.5. The molecule has 2 atom stereocenters. The van der Waals surface area contributed by atoms with Crippen LogP contribution in [0.1, 0.15) is 56.0 Å². The van der Waals surface area contributed by atoms with Crippen molar-refractivity contribution in [3.05, 3.63) is 41.0 Å². The Morgan fingerprint density at radius 1 is 1.37 bits per heavy atom. The predicted octanol–water partition coefficient (Wildman–Crippen LogP) is 2.34. The van der Waals surface area contributed by atoms with E-state index in [0.717, 1.165) is 31.5 Å². The van der Waals surface area contributed by atoms with E-state index in [1.807, 2.05) is 19.9 Å². The highest BCUT2D eigenvalue weighted by molar-refractivity contribution is 5.71. The summed E-state index contributed by atoms with van der Waals surface area (Å²) in [5.41, 5.74) is 7.31. The minimum absolute atomic E-state index is 0.192. The van der Waals surface area contributed by atoms with Crippen LogP contribution >= 0.6 is 0 Å². The summed E-state index contributed by atoms with van der Waals surface area (Å²) in [5.74, 6) is -1.81. The Kier molecular flexibility index (Phi) is 7.49. The minimum atomic E-state index is -0.904. The highest BCUT2D eigenvalue weighted by Gasteiger charge is 2.33. The van der Waals surface area contributed by atoms with Crippen molar-refractivity contribution in [1.82, 2.24) is 25.5 Å². The second-order valence-corrected chi connectivity index (χ2v) is 8.69. The maximum atomic E-state index is 14.8. The smallest absolute Gasteiger partial charge is 0.307 e. The van der Waals surface area contributed by atoms with Crippen molar-refractivity contribution in [2.75, 3.05) is 13.1 Å². The third kappa shape index (κ3) is 5.82. The number of nitrogens with zero attached hydrogens (tertiary/aromatic N) is 4. The first kappa shape index (κ1) is 22.3. The SMILES string of the molecule is CC(C)C[C@H](C(=O)O)[C@H](Cc1ccc(CN2CCC(N)CC2)c(F)c1)c1nn[nH]n1.